The fraction of sp³-hybridized carbons (Fsp3) is 0.786. The number of rotatable bonds is 3. The predicted molar refractivity (Wildman–Crippen MR) is 107 cm³/mol. The molecule has 0 amide bonds. The minimum Gasteiger partial charge on any atom is -0.469 e. The third-order valence-corrected chi connectivity index (χ3v) is 27.4. The van der Waals surface area contributed by atoms with Crippen molar-refractivity contribution in [3.8, 4) is 0 Å². The van der Waals surface area contributed by atoms with Gasteiger partial charge in [0.2, 0.25) is 0 Å². The van der Waals surface area contributed by atoms with Crippen molar-refractivity contribution in [3.63, 3.8) is 0 Å². The summed E-state index contributed by atoms with van der Waals surface area (Å²) in [5, 5.41) is 1.40. The van der Waals surface area contributed by atoms with E-state index in [1.807, 2.05) is 0 Å². The Labute approximate surface area is 149 Å². The number of allylic oxidation sites excluding steroid dienone is 2. The highest BCUT2D eigenvalue weighted by Crippen LogP contribution is 2.73. The quantitative estimate of drug-likeness (QED) is 0.226. The summed E-state index contributed by atoms with van der Waals surface area (Å²) in [4.78, 5) is 12.8. The molecule has 0 N–H and O–H groups in total. The van der Waals surface area contributed by atoms with Crippen LogP contribution in [-0.4, -0.2) is 38.5 Å². The molecular formula is C14H27Br2O2PSi2. The molecule has 0 radical (unpaired) electrons. The molecule has 3 atom stereocenters. The van der Waals surface area contributed by atoms with Crippen LogP contribution < -0.4 is 0 Å². The Morgan fingerprint density at radius 2 is 1.67 bits per heavy atom. The summed E-state index contributed by atoms with van der Waals surface area (Å²) in [7, 11) is -1.80. The van der Waals surface area contributed by atoms with Crippen LogP contribution in [0.1, 0.15) is 6.92 Å². The van der Waals surface area contributed by atoms with Gasteiger partial charge in [0.25, 0.3) is 0 Å². The van der Waals surface area contributed by atoms with Crippen LogP contribution in [0.5, 0.6) is 0 Å². The number of ether oxygens (including phenoxy) is 1. The van der Waals surface area contributed by atoms with Gasteiger partial charge in [-0.05, 0) is 18.9 Å². The van der Waals surface area contributed by atoms with Crippen molar-refractivity contribution in [1.29, 1.82) is 0 Å². The maximum atomic E-state index is 12.7. The Morgan fingerprint density at radius 3 is 2.00 bits per heavy atom. The van der Waals surface area contributed by atoms with E-state index in [9.17, 15) is 4.79 Å². The van der Waals surface area contributed by atoms with Gasteiger partial charge in [0.15, 0.2) is 0 Å². The number of hydrogen-bond donors (Lipinski definition) is 0. The maximum absolute atomic E-state index is 12.7. The Kier molecular flexibility index (Phi) is 6.22. The van der Waals surface area contributed by atoms with Gasteiger partial charge in [0.05, 0.1) is 29.2 Å². The zero-order valence-electron chi connectivity index (χ0n) is 14.3. The second-order valence-corrected chi connectivity index (χ2v) is 24.9. The summed E-state index contributed by atoms with van der Waals surface area (Å²) in [5.74, 6) is -0.146. The van der Waals surface area contributed by atoms with Crippen LogP contribution in [0.25, 0.3) is 0 Å². The molecule has 0 saturated heterocycles. The highest BCUT2D eigenvalue weighted by Gasteiger charge is 2.66. The van der Waals surface area contributed by atoms with Gasteiger partial charge in [-0.1, -0.05) is 76.8 Å². The first-order valence-electron chi connectivity index (χ1n) is 7.18. The summed E-state index contributed by atoms with van der Waals surface area (Å²) >= 11 is 7.83. The molecule has 3 unspecified atom stereocenters. The van der Waals surface area contributed by atoms with Crippen LogP contribution in [0.2, 0.25) is 39.3 Å². The molecule has 7 heteroatoms. The van der Waals surface area contributed by atoms with Crippen LogP contribution in [0.4, 0.5) is 0 Å². The number of hydrogen-bond acceptors (Lipinski definition) is 2. The summed E-state index contributed by atoms with van der Waals surface area (Å²) in [6.07, 6.45) is 2.21. The molecule has 21 heavy (non-hydrogen) atoms. The molecule has 0 spiro atoms. The van der Waals surface area contributed by atoms with Crippen LogP contribution in [-0.2, 0) is 9.53 Å². The van der Waals surface area contributed by atoms with Crippen LogP contribution in [0.15, 0.2) is 11.4 Å². The van der Waals surface area contributed by atoms with Crippen molar-refractivity contribution >= 4 is 60.2 Å². The Morgan fingerprint density at radius 1 is 1.24 bits per heavy atom. The lowest BCUT2D eigenvalue weighted by molar-refractivity contribution is -0.145. The monoisotopic (exact) mass is 472 g/mol. The second kappa shape index (κ2) is 6.50. The van der Waals surface area contributed by atoms with Crippen LogP contribution in [0, 0.1) is 5.92 Å². The Bertz CT molecular complexity index is 441. The third-order valence-electron chi connectivity index (χ3n) is 4.53. The lowest BCUT2D eigenvalue weighted by atomic mass is 10.1. The highest BCUT2D eigenvalue weighted by atomic mass is 79.9. The molecule has 1 aliphatic rings. The lowest BCUT2D eigenvalue weighted by Crippen LogP contribution is -2.72. The molecule has 0 aromatic carbocycles. The largest absolute Gasteiger partial charge is 0.469 e. The van der Waals surface area contributed by atoms with E-state index in [1.165, 1.54) is 12.4 Å². The van der Waals surface area contributed by atoms with Gasteiger partial charge < -0.3 is 4.74 Å². The standard InChI is InChI=1S/C14H27Br2O2PSi2/c1-10-9-11(15)12(13(17)18-2)14(19(10)16,20(3,4)5)21(6,7)8/h9,11-12H,1-8H3. The SMILES string of the molecule is COC(=O)C1C(Br)C=C(C)P(Br)C1([Si](C)(C)C)[Si](C)(C)C. The smallest absolute Gasteiger partial charge is 0.310 e. The number of carbonyl (C=O) groups excluding carboxylic acids is 1. The first-order chi connectivity index (χ1) is 9.32. The van der Waals surface area contributed by atoms with Gasteiger partial charge in [0, 0.05) is 9.23 Å². The molecule has 0 aromatic heterocycles. The summed E-state index contributed by atoms with van der Waals surface area (Å²) in [6, 6.07) is 0. The molecule has 0 saturated carbocycles. The lowest BCUT2D eigenvalue weighted by Gasteiger charge is -2.60. The summed E-state index contributed by atoms with van der Waals surface area (Å²) in [6.45, 7) is 16.2. The van der Waals surface area contributed by atoms with Gasteiger partial charge in [-0.25, -0.2) is 0 Å². The second-order valence-electron chi connectivity index (χ2n) is 7.80. The third kappa shape index (κ3) is 3.17. The van der Waals surface area contributed by atoms with Gasteiger partial charge in [0.1, 0.15) is 0 Å². The first-order valence-corrected chi connectivity index (χ1v) is 18.5. The molecule has 0 fully saturated rings. The minimum atomic E-state index is -1.66. The van der Waals surface area contributed by atoms with Crippen molar-refractivity contribution in [2.75, 3.05) is 7.11 Å². The van der Waals surface area contributed by atoms with Crippen LogP contribution >= 0.6 is 38.0 Å². The van der Waals surface area contributed by atoms with Gasteiger partial charge in [-0.3, -0.25) is 4.79 Å². The zero-order valence-corrected chi connectivity index (χ0v) is 20.3. The van der Waals surface area contributed by atoms with Crippen molar-refractivity contribution in [1.82, 2.24) is 0 Å². The first kappa shape index (κ1) is 20.1. The van der Waals surface area contributed by atoms with E-state index in [1.54, 1.807) is 0 Å². The van der Waals surface area contributed by atoms with E-state index >= 15 is 0 Å². The molecule has 122 valence electrons. The Balaban J connectivity index is 3.75. The Hall–Kier alpha value is 1.03. The van der Waals surface area contributed by atoms with E-state index in [0.29, 0.717) is 0 Å². The van der Waals surface area contributed by atoms with E-state index in [2.05, 4.69) is 83.7 Å². The predicted octanol–water partition coefficient (Wildman–Crippen LogP) is 5.74. The van der Waals surface area contributed by atoms with E-state index in [4.69, 9.17) is 4.74 Å². The van der Waals surface area contributed by atoms with Gasteiger partial charge in [-0.2, -0.15) is 0 Å². The van der Waals surface area contributed by atoms with Crippen molar-refractivity contribution < 1.29 is 9.53 Å². The summed E-state index contributed by atoms with van der Waals surface area (Å²) in [5.41, 5.74) is 0. The average Bonchev–Trinajstić information content (AvgIpc) is 2.29. The highest BCUT2D eigenvalue weighted by molar-refractivity contribution is 9.40. The maximum Gasteiger partial charge on any atom is 0.310 e. The molecule has 0 aliphatic carbocycles. The molecule has 0 bridgehead atoms. The number of alkyl halides is 1. The average molecular weight is 474 g/mol. The summed E-state index contributed by atoms with van der Waals surface area (Å²) < 4.78 is 5.29. The fourth-order valence-corrected chi connectivity index (χ4v) is 35.2. The molecule has 2 nitrogen and oxygen atoms in total. The molecular weight excluding hydrogens is 447 g/mol. The molecule has 1 aliphatic heterocycles. The zero-order chi connectivity index (χ0) is 16.8. The van der Waals surface area contributed by atoms with Crippen molar-refractivity contribution in [2.45, 2.75) is 55.4 Å². The van der Waals surface area contributed by atoms with Gasteiger partial charge in [-0.15, -0.1) is 0 Å². The topological polar surface area (TPSA) is 26.3 Å². The number of esters is 1. The number of methoxy groups -OCH3 is 1. The number of carbonyl (C=O) groups is 1. The normalized spacial score (nSPS) is 29.8. The van der Waals surface area contributed by atoms with E-state index in [0.717, 1.165) is 0 Å². The van der Waals surface area contributed by atoms with Crippen LogP contribution in [0.3, 0.4) is 0 Å². The molecule has 0 aromatic rings. The molecule has 1 rings (SSSR count). The molecule has 1 heterocycles. The fourth-order valence-electron chi connectivity index (χ4n) is 4.10. The van der Waals surface area contributed by atoms with Crippen molar-refractivity contribution in [3.05, 3.63) is 11.4 Å². The van der Waals surface area contributed by atoms with Gasteiger partial charge >= 0.3 is 5.97 Å². The minimum absolute atomic E-state index is 0.0579. The van der Waals surface area contributed by atoms with Crippen molar-refractivity contribution in [2.24, 2.45) is 5.92 Å². The van der Waals surface area contributed by atoms with E-state index in [-0.39, 0.29) is 21.1 Å². The number of halogens is 2. The van der Waals surface area contributed by atoms with E-state index < -0.39 is 22.8 Å².